The van der Waals surface area contributed by atoms with Gasteiger partial charge in [0.25, 0.3) is 0 Å². The number of rotatable bonds is 5. The molecule has 21 heavy (non-hydrogen) atoms. The second-order valence-electron chi connectivity index (χ2n) is 4.31. The predicted octanol–water partition coefficient (Wildman–Crippen LogP) is 2.19. The molecule has 0 unspecified atom stereocenters. The highest BCUT2D eigenvalue weighted by atomic mass is 16.5. The number of aromatic amines is 1. The second-order valence-corrected chi connectivity index (χ2v) is 4.31. The van der Waals surface area contributed by atoms with Crippen molar-refractivity contribution in [3.05, 3.63) is 53.1 Å². The fourth-order valence-electron chi connectivity index (χ4n) is 1.66. The molecule has 0 aromatic carbocycles. The standard InChI is InChI=1S/C15H15N3O3/c1-3-21-15(20)14-12(9-17-18-14)6-7-13(19)11-5-4-10(2)16-8-11/h4-9H,3H2,1-2H3,(H,17,18)/b7-6+. The molecule has 0 aliphatic heterocycles. The van der Waals surface area contributed by atoms with Crippen molar-refractivity contribution in [1.82, 2.24) is 15.2 Å². The molecule has 0 saturated carbocycles. The van der Waals surface area contributed by atoms with Crippen LogP contribution in [0.1, 0.15) is 39.0 Å². The van der Waals surface area contributed by atoms with Gasteiger partial charge >= 0.3 is 5.97 Å². The Kier molecular flexibility index (Phi) is 4.61. The van der Waals surface area contributed by atoms with Crippen molar-refractivity contribution in [1.29, 1.82) is 0 Å². The maximum Gasteiger partial charge on any atom is 0.356 e. The van der Waals surface area contributed by atoms with Gasteiger partial charge in [0.2, 0.25) is 0 Å². The van der Waals surface area contributed by atoms with E-state index in [1.165, 1.54) is 24.5 Å². The van der Waals surface area contributed by atoms with E-state index in [0.717, 1.165) is 5.69 Å². The number of nitrogens with zero attached hydrogens (tertiary/aromatic N) is 2. The van der Waals surface area contributed by atoms with Crippen LogP contribution in [-0.4, -0.2) is 33.5 Å². The van der Waals surface area contributed by atoms with Gasteiger partial charge in [-0.3, -0.25) is 14.9 Å². The minimum absolute atomic E-state index is 0.196. The molecule has 6 heteroatoms. The summed E-state index contributed by atoms with van der Waals surface area (Å²) in [7, 11) is 0. The largest absolute Gasteiger partial charge is 0.461 e. The van der Waals surface area contributed by atoms with Crippen LogP contribution in [-0.2, 0) is 4.74 Å². The molecule has 2 rings (SSSR count). The van der Waals surface area contributed by atoms with Crippen molar-refractivity contribution in [2.75, 3.05) is 6.61 Å². The van der Waals surface area contributed by atoms with Crippen LogP contribution in [0, 0.1) is 6.92 Å². The molecule has 0 spiro atoms. The van der Waals surface area contributed by atoms with Crippen LogP contribution < -0.4 is 0 Å². The lowest BCUT2D eigenvalue weighted by Gasteiger charge is -1.99. The molecule has 2 aromatic rings. The van der Waals surface area contributed by atoms with Crippen molar-refractivity contribution in [2.45, 2.75) is 13.8 Å². The van der Waals surface area contributed by atoms with E-state index < -0.39 is 5.97 Å². The van der Waals surface area contributed by atoms with E-state index in [2.05, 4.69) is 15.2 Å². The van der Waals surface area contributed by atoms with Gasteiger partial charge in [-0.2, -0.15) is 5.10 Å². The molecule has 2 aromatic heterocycles. The van der Waals surface area contributed by atoms with E-state index in [0.29, 0.717) is 11.1 Å². The van der Waals surface area contributed by atoms with Crippen LogP contribution in [0.4, 0.5) is 0 Å². The normalized spacial score (nSPS) is 10.8. The number of hydrogen-bond donors (Lipinski definition) is 1. The van der Waals surface area contributed by atoms with Gasteiger partial charge in [0, 0.05) is 23.0 Å². The topological polar surface area (TPSA) is 84.9 Å². The minimum atomic E-state index is -0.501. The zero-order chi connectivity index (χ0) is 15.2. The molecule has 0 fully saturated rings. The van der Waals surface area contributed by atoms with Crippen LogP contribution >= 0.6 is 0 Å². The first-order valence-electron chi connectivity index (χ1n) is 6.47. The Labute approximate surface area is 121 Å². The monoisotopic (exact) mass is 285 g/mol. The molecule has 6 nitrogen and oxygen atoms in total. The Balaban J connectivity index is 2.14. The van der Waals surface area contributed by atoms with Crippen molar-refractivity contribution >= 4 is 17.8 Å². The number of ether oxygens (including phenoxy) is 1. The van der Waals surface area contributed by atoms with Gasteiger partial charge in [-0.1, -0.05) is 0 Å². The Hall–Kier alpha value is -2.76. The third-order valence-corrected chi connectivity index (χ3v) is 2.76. The molecule has 0 aliphatic carbocycles. The van der Waals surface area contributed by atoms with Gasteiger partial charge in [-0.25, -0.2) is 4.79 Å². The summed E-state index contributed by atoms with van der Waals surface area (Å²) in [6.45, 7) is 3.84. The van der Waals surface area contributed by atoms with Crippen molar-refractivity contribution in [3.63, 3.8) is 0 Å². The number of carbonyl (C=O) groups excluding carboxylic acids is 2. The first-order valence-corrected chi connectivity index (χ1v) is 6.47. The van der Waals surface area contributed by atoms with Crippen molar-refractivity contribution in [2.24, 2.45) is 0 Å². The Morgan fingerprint density at radius 1 is 1.33 bits per heavy atom. The van der Waals surface area contributed by atoms with E-state index >= 15 is 0 Å². The number of nitrogens with one attached hydrogen (secondary N) is 1. The molecule has 0 amide bonds. The Morgan fingerprint density at radius 2 is 2.14 bits per heavy atom. The average molecular weight is 285 g/mol. The van der Waals surface area contributed by atoms with Crippen LogP contribution in [0.5, 0.6) is 0 Å². The number of ketones is 1. The van der Waals surface area contributed by atoms with Crippen LogP contribution in [0.2, 0.25) is 0 Å². The van der Waals surface area contributed by atoms with Gasteiger partial charge in [0.15, 0.2) is 11.5 Å². The van der Waals surface area contributed by atoms with E-state index in [-0.39, 0.29) is 18.1 Å². The maximum absolute atomic E-state index is 12.0. The van der Waals surface area contributed by atoms with Gasteiger partial charge in [-0.05, 0) is 38.1 Å². The third-order valence-electron chi connectivity index (χ3n) is 2.76. The van der Waals surface area contributed by atoms with E-state index in [1.54, 1.807) is 19.1 Å². The van der Waals surface area contributed by atoms with E-state index in [9.17, 15) is 9.59 Å². The summed E-state index contributed by atoms with van der Waals surface area (Å²) < 4.78 is 4.89. The van der Waals surface area contributed by atoms with Gasteiger partial charge < -0.3 is 4.74 Å². The Bertz CT molecular complexity index is 672. The lowest BCUT2D eigenvalue weighted by molar-refractivity contribution is 0.0519. The van der Waals surface area contributed by atoms with Crippen LogP contribution in [0.15, 0.2) is 30.6 Å². The average Bonchev–Trinajstić information content (AvgIpc) is 2.94. The fraction of sp³-hybridized carbons (Fsp3) is 0.200. The molecule has 0 radical (unpaired) electrons. The van der Waals surface area contributed by atoms with E-state index in [4.69, 9.17) is 4.74 Å². The highest BCUT2D eigenvalue weighted by molar-refractivity contribution is 6.07. The van der Waals surface area contributed by atoms with Crippen molar-refractivity contribution in [3.8, 4) is 0 Å². The summed E-state index contributed by atoms with van der Waals surface area (Å²) in [5, 5.41) is 6.35. The number of pyridine rings is 1. The molecule has 2 heterocycles. The summed E-state index contributed by atoms with van der Waals surface area (Å²) >= 11 is 0. The SMILES string of the molecule is CCOC(=O)c1[nH]ncc1/C=C/C(=O)c1ccc(C)nc1. The smallest absolute Gasteiger partial charge is 0.356 e. The zero-order valence-electron chi connectivity index (χ0n) is 11.8. The third kappa shape index (κ3) is 3.62. The molecular formula is C15H15N3O3. The first kappa shape index (κ1) is 14.6. The minimum Gasteiger partial charge on any atom is -0.461 e. The van der Waals surface area contributed by atoms with Crippen LogP contribution in [0.3, 0.4) is 0 Å². The molecule has 0 saturated heterocycles. The second kappa shape index (κ2) is 6.60. The lowest BCUT2D eigenvalue weighted by Crippen LogP contribution is -2.06. The quantitative estimate of drug-likeness (QED) is 0.517. The summed E-state index contributed by atoms with van der Waals surface area (Å²) in [4.78, 5) is 27.7. The first-order chi connectivity index (χ1) is 10.1. The lowest BCUT2D eigenvalue weighted by atomic mass is 10.1. The number of aryl methyl sites for hydroxylation is 1. The summed E-state index contributed by atoms with van der Waals surface area (Å²) in [6, 6.07) is 3.47. The molecular weight excluding hydrogens is 270 g/mol. The number of allylic oxidation sites excluding steroid dienone is 1. The summed E-state index contributed by atoms with van der Waals surface area (Å²) in [6.07, 6.45) is 5.88. The highest BCUT2D eigenvalue weighted by Crippen LogP contribution is 2.10. The molecule has 0 aliphatic rings. The van der Waals surface area contributed by atoms with Gasteiger partial charge in [0.1, 0.15) is 0 Å². The van der Waals surface area contributed by atoms with Gasteiger partial charge in [-0.15, -0.1) is 0 Å². The van der Waals surface area contributed by atoms with Gasteiger partial charge in [0.05, 0.1) is 12.8 Å². The summed E-state index contributed by atoms with van der Waals surface area (Å²) in [5.41, 5.74) is 2.05. The van der Waals surface area contributed by atoms with Crippen LogP contribution in [0.25, 0.3) is 6.08 Å². The zero-order valence-corrected chi connectivity index (χ0v) is 11.8. The Morgan fingerprint density at radius 3 is 2.81 bits per heavy atom. The number of carbonyl (C=O) groups is 2. The van der Waals surface area contributed by atoms with Crippen molar-refractivity contribution < 1.29 is 14.3 Å². The molecule has 0 atom stereocenters. The molecule has 1 N–H and O–H groups in total. The molecule has 108 valence electrons. The number of H-pyrrole nitrogens is 1. The fourth-order valence-corrected chi connectivity index (χ4v) is 1.66. The van der Waals surface area contributed by atoms with E-state index in [1.807, 2.05) is 6.92 Å². The number of aromatic nitrogens is 3. The molecule has 0 bridgehead atoms. The number of esters is 1. The maximum atomic E-state index is 12.0. The predicted molar refractivity (Wildman–Crippen MR) is 76.9 cm³/mol. The highest BCUT2D eigenvalue weighted by Gasteiger charge is 2.13. The number of hydrogen-bond acceptors (Lipinski definition) is 5. The summed E-state index contributed by atoms with van der Waals surface area (Å²) in [5.74, 6) is -0.697.